The molecule has 0 spiro atoms. The molecule has 3 heterocycles. The SMILES string of the molecule is CC(C)(C)OC(=O)CN(CCNc1nc2ccccc2n(C2C[C@H]3CC[C@@H](C2)N3C2CCCCCCC2)c1=O)CC(N)=O. The van der Waals surface area contributed by atoms with E-state index in [0.29, 0.717) is 37.0 Å². The van der Waals surface area contributed by atoms with E-state index in [9.17, 15) is 14.4 Å². The van der Waals surface area contributed by atoms with E-state index in [4.69, 9.17) is 15.5 Å². The Morgan fingerprint density at radius 1 is 0.953 bits per heavy atom. The van der Waals surface area contributed by atoms with Crippen molar-refractivity contribution in [1.29, 1.82) is 0 Å². The predicted octanol–water partition coefficient (Wildman–Crippen LogP) is 4.22. The average molecular weight is 595 g/mol. The van der Waals surface area contributed by atoms with Crippen LogP contribution in [0.2, 0.25) is 0 Å². The number of carbonyl (C=O) groups excluding carboxylic acids is 2. The standard InChI is InChI=1S/C33H50N6O4/c1-33(2,3)43-30(41)22-37(21-29(34)40)18-17-35-31-32(42)39(28-14-10-9-13-27(28)36-31)26-19-24-15-16-25(20-26)38(24)23-11-7-5-4-6-8-12-23/h9-10,13-14,23-26H,4-8,11-12,15-22H2,1-3H3,(H2,34,40)(H,35,36)/t24-,25+,26?. The lowest BCUT2D eigenvalue weighted by Crippen LogP contribution is -2.50. The summed E-state index contributed by atoms with van der Waals surface area (Å²) in [5.41, 5.74) is 6.36. The second-order valence-corrected chi connectivity index (χ2v) is 13.8. The van der Waals surface area contributed by atoms with E-state index in [0.717, 1.165) is 23.9 Å². The van der Waals surface area contributed by atoms with Gasteiger partial charge in [-0.3, -0.25) is 24.2 Å². The molecule has 43 heavy (non-hydrogen) atoms. The molecule has 3 N–H and O–H groups in total. The number of amides is 1. The number of rotatable bonds is 10. The molecule has 3 aliphatic rings. The molecule has 1 aromatic heterocycles. The Balaban J connectivity index is 1.32. The molecule has 2 aliphatic heterocycles. The van der Waals surface area contributed by atoms with Crippen LogP contribution >= 0.6 is 0 Å². The topological polar surface area (TPSA) is 123 Å². The lowest BCUT2D eigenvalue weighted by Gasteiger charge is -2.45. The van der Waals surface area contributed by atoms with E-state index >= 15 is 0 Å². The molecule has 2 saturated heterocycles. The van der Waals surface area contributed by atoms with E-state index < -0.39 is 17.5 Å². The lowest BCUT2D eigenvalue weighted by atomic mass is 9.89. The zero-order chi connectivity index (χ0) is 30.6. The minimum Gasteiger partial charge on any atom is -0.459 e. The van der Waals surface area contributed by atoms with Crippen molar-refractivity contribution in [2.45, 2.75) is 121 Å². The highest BCUT2D eigenvalue weighted by molar-refractivity contribution is 5.78. The van der Waals surface area contributed by atoms with Gasteiger partial charge in [0.1, 0.15) is 5.60 Å². The fraction of sp³-hybridized carbons (Fsp3) is 0.697. The highest BCUT2D eigenvalue weighted by Gasteiger charge is 2.44. The fourth-order valence-corrected chi connectivity index (χ4v) is 7.68. The highest BCUT2D eigenvalue weighted by atomic mass is 16.6. The van der Waals surface area contributed by atoms with Crippen molar-refractivity contribution in [1.82, 2.24) is 19.4 Å². The number of para-hydroxylation sites is 2. The molecule has 5 rings (SSSR count). The summed E-state index contributed by atoms with van der Waals surface area (Å²) in [6.07, 6.45) is 13.8. The number of ether oxygens (including phenoxy) is 1. The number of esters is 1. The summed E-state index contributed by atoms with van der Waals surface area (Å²) in [5, 5.41) is 3.22. The normalized spacial score (nSPS) is 23.7. The van der Waals surface area contributed by atoms with Crippen LogP contribution in [0.5, 0.6) is 0 Å². The van der Waals surface area contributed by atoms with Crippen LogP contribution in [0.3, 0.4) is 0 Å². The van der Waals surface area contributed by atoms with Gasteiger partial charge in [0.05, 0.1) is 24.1 Å². The molecular weight excluding hydrogens is 544 g/mol. The van der Waals surface area contributed by atoms with E-state index in [1.807, 2.05) is 28.8 Å². The first kappa shape index (κ1) is 31.4. The maximum atomic E-state index is 14.0. The summed E-state index contributed by atoms with van der Waals surface area (Å²) < 4.78 is 7.42. The predicted molar refractivity (Wildman–Crippen MR) is 169 cm³/mol. The molecule has 3 fully saturated rings. The van der Waals surface area contributed by atoms with Crippen molar-refractivity contribution >= 4 is 28.7 Å². The second-order valence-electron chi connectivity index (χ2n) is 13.8. The largest absolute Gasteiger partial charge is 0.459 e. The Labute approximate surface area is 255 Å². The summed E-state index contributed by atoms with van der Waals surface area (Å²) in [5.74, 6) is -0.666. The molecule has 1 saturated carbocycles. The van der Waals surface area contributed by atoms with Crippen LogP contribution in [0.25, 0.3) is 11.0 Å². The molecule has 1 amide bonds. The zero-order valence-corrected chi connectivity index (χ0v) is 26.2. The van der Waals surface area contributed by atoms with Gasteiger partial charge in [0.15, 0.2) is 5.82 Å². The number of fused-ring (bicyclic) bond motifs is 3. The number of hydrogen-bond acceptors (Lipinski definition) is 8. The van der Waals surface area contributed by atoms with Crippen LogP contribution in [-0.2, 0) is 14.3 Å². The Hall–Kier alpha value is -2.98. The van der Waals surface area contributed by atoms with Crippen molar-refractivity contribution in [2.24, 2.45) is 5.73 Å². The third kappa shape index (κ3) is 7.95. The molecule has 10 nitrogen and oxygen atoms in total. The molecule has 3 atom stereocenters. The monoisotopic (exact) mass is 594 g/mol. The molecule has 2 bridgehead atoms. The third-order valence-electron chi connectivity index (χ3n) is 9.29. The third-order valence-corrected chi connectivity index (χ3v) is 9.29. The van der Waals surface area contributed by atoms with Crippen LogP contribution in [0.4, 0.5) is 5.82 Å². The van der Waals surface area contributed by atoms with Gasteiger partial charge in [-0.1, -0.05) is 44.2 Å². The van der Waals surface area contributed by atoms with Crippen molar-refractivity contribution in [3.63, 3.8) is 0 Å². The molecule has 236 valence electrons. The second kappa shape index (κ2) is 13.8. The summed E-state index contributed by atoms with van der Waals surface area (Å²) in [7, 11) is 0. The van der Waals surface area contributed by atoms with E-state index in [1.165, 1.54) is 57.8 Å². The van der Waals surface area contributed by atoms with Crippen LogP contribution in [0.15, 0.2) is 29.1 Å². The summed E-state index contributed by atoms with van der Waals surface area (Å²) in [4.78, 5) is 47.3. The van der Waals surface area contributed by atoms with Crippen molar-refractivity contribution in [3.8, 4) is 0 Å². The van der Waals surface area contributed by atoms with Gasteiger partial charge in [-0.05, 0) is 71.4 Å². The quantitative estimate of drug-likeness (QED) is 0.392. The molecule has 2 aromatic rings. The van der Waals surface area contributed by atoms with Crippen molar-refractivity contribution in [3.05, 3.63) is 34.6 Å². The van der Waals surface area contributed by atoms with E-state index in [2.05, 4.69) is 10.2 Å². The number of aromatic nitrogens is 2. The average Bonchev–Trinajstić information content (AvgIpc) is 3.16. The maximum Gasteiger partial charge on any atom is 0.320 e. The van der Waals surface area contributed by atoms with Gasteiger partial charge in [0.25, 0.3) is 5.56 Å². The molecular formula is C33H50N6O4. The Morgan fingerprint density at radius 2 is 1.60 bits per heavy atom. The number of nitrogens with zero attached hydrogens (tertiary/aromatic N) is 4. The molecule has 10 heteroatoms. The Bertz CT molecular complexity index is 1310. The lowest BCUT2D eigenvalue weighted by molar-refractivity contribution is -0.156. The molecule has 1 aromatic carbocycles. The van der Waals surface area contributed by atoms with Gasteiger partial charge in [-0.25, -0.2) is 4.98 Å². The molecule has 0 radical (unpaired) electrons. The van der Waals surface area contributed by atoms with Gasteiger partial charge in [0, 0.05) is 37.3 Å². The first-order chi connectivity index (χ1) is 20.6. The van der Waals surface area contributed by atoms with Crippen LogP contribution in [0.1, 0.15) is 97.4 Å². The zero-order valence-electron chi connectivity index (χ0n) is 26.2. The Kier molecular flexibility index (Phi) is 10.1. The number of piperidine rings is 1. The van der Waals surface area contributed by atoms with Crippen molar-refractivity contribution < 1.29 is 14.3 Å². The van der Waals surface area contributed by atoms with Gasteiger partial charge < -0.3 is 20.4 Å². The number of carbonyl (C=O) groups is 2. The summed E-state index contributed by atoms with van der Waals surface area (Å²) in [6, 6.07) is 9.75. The molecule has 1 aliphatic carbocycles. The first-order valence-corrected chi connectivity index (χ1v) is 16.3. The number of nitrogens with two attached hydrogens (primary N) is 1. The minimum absolute atomic E-state index is 0.0698. The van der Waals surface area contributed by atoms with Gasteiger partial charge >= 0.3 is 5.97 Å². The van der Waals surface area contributed by atoms with Gasteiger partial charge in [-0.15, -0.1) is 0 Å². The number of hydrogen-bond donors (Lipinski definition) is 2. The van der Waals surface area contributed by atoms with E-state index in [-0.39, 0.29) is 24.7 Å². The minimum atomic E-state index is -0.626. The first-order valence-electron chi connectivity index (χ1n) is 16.3. The fourth-order valence-electron chi connectivity index (χ4n) is 7.68. The number of primary amides is 1. The smallest absolute Gasteiger partial charge is 0.320 e. The number of benzene rings is 1. The Morgan fingerprint density at radius 3 is 2.26 bits per heavy atom. The van der Waals surface area contributed by atoms with E-state index in [1.54, 1.807) is 25.7 Å². The summed E-state index contributed by atoms with van der Waals surface area (Å²) >= 11 is 0. The van der Waals surface area contributed by atoms with Crippen LogP contribution in [0, 0.1) is 0 Å². The maximum absolute atomic E-state index is 14.0. The molecule has 1 unspecified atom stereocenters. The van der Waals surface area contributed by atoms with Crippen LogP contribution in [-0.4, -0.2) is 81.1 Å². The van der Waals surface area contributed by atoms with Gasteiger partial charge in [0.2, 0.25) is 5.91 Å². The number of anilines is 1. The highest BCUT2D eigenvalue weighted by Crippen LogP contribution is 2.44. The van der Waals surface area contributed by atoms with Crippen molar-refractivity contribution in [2.75, 3.05) is 31.5 Å². The number of nitrogens with one attached hydrogen (secondary N) is 1. The summed E-state index contributed by atoms with van der Waals surface area (Å²) in [6.45, 7) is 5.89. The van der Waals surface area contributed by atoms with Crippen LogP contribution < -0.4 is 16.6 Å². The van der Waals surface area contributed by atoms with Gasteiger partial charge in [-0.2, -0.15) is 0 Å².